The summed E-state index contributed by atoms with van der Waals surface area (Å²) in [5, 5.41) is 2.84. The number of amides is 1. The Bertz CT molecular complexity index is 892. The van der Waals surface area contributed by atoms with Crippen molar-refractivity contribution in [2.75, 3.05) is 21.3 Å². The van der Waals surface area contributed by atoms with Crippen LogP contribution in [-0.4, -0.2) is 27.2 Å². The Balaban J connectivity index is 1.72. The van der Waals surface area contributed by atoms with Crippen LogP contribution in [0, 0.1) is 0 Å². The maximum absolute atomic E-state index is 12.4. The van der Waals surface area contributed by atoms with Crippen LogP contribution in [0.2, 0.25) is 0 Å². The Labute approximate surface area is 157 Å². The van der Waals surface area contributed by atoms with Gasteiger partial charge in [-0.2, -0.15) is 0 Å². The van der Waals surface area contributed by atoms with Gasteiger partial charge in [-0.25, -0.2) is 0 Å². The van der Waals surface area contributed by atoms with Gasteiger partial charge in [0.25, 0.3) is 5.91 Å². The van der Waals surface area contributed by atoms with Crippen LogP contribution in [0.15, 0.2) is 59.0 Å². The van der Waals surface area contributed by atoms with Crippen molar-refractivity contribution in [3.63, 3.8) is 0 Å². The lowest BCUT2D eigenvalue weighted by atomic mass is 10.1. The van der Waals surface area contributed by atoms with E-state index in [-0.39, 0.29) is 18.2 Å². The molecule has 0 aliphatic carbocycles. The highest BCUT2D eigenvalue weighted by atomic mass is 16.5. The number of carbonyl (C=O) groups excluding carboxylic acids is 1. The molecular weight excluding hydrogens is 346 g/mol. The smallest absolute Gasteiger partial charge is 0.287 e. The van der Waals surface area contributed by atoms with E-state index in [1.807, 2.05) is 30.3 Å². The van der Waals surface area contributed by atoms with E-state index in [4.69, 9.17) is 18.6 Å². The van der Waals surface area contributed by atoms with Gasteiger partial charge in [0.05, 0.1) is 21.3 Å². The highest BCUT2D eigenvalue weighted by Crippen LogP contribution is 2.38. The van der Waals surface area contributed by atoms with E-state index >= 15 is 0 Å². The van der Waals surface area contributed by atoms with Crippen molar-refractivity contribution in [3.8, 4) is 28.6 Å². The van der Waals surface area contributed by atoms with Gasteiger partial charge < -0.3 is 23.9 Å². The monoisotopic (exact) mass is 367 g/mol. The molecule has 1 amide bonds. The summed E-state index contributed by atoms with van der Waals surface area (Å²) in [5.74, 6) is 2.17. The molecular formula is C21H21NO5. The van der Waals surface area contributed by atoms with Gasteiger partial charge in [0.15, 0.2) is 17.3 Å². The van der Waals surface area contributed by atoms with E-state index in [0.29, 0.717) is 23.0 Å². The Morgan fingerprint density at radius 2 is 1.59 bits per heavy atom. The van der Waals surface area contributed by atoms with Crippen molar-refractivity contribution in [2.24, 2.45) is 0 Å². The fourth-order valence-electron chi connectivity index (χ4n) is 2.72. The van der Waals surface area contributed by atoms with Crippen molar-refractivity contribution in [2.45, 2.75) is 6.54 Å². The molecule has 0 aliphatic rings. The fraction of sp³-hybridized carbons (Fsp3) is 0.190. The second-order valence-electron chi connectivity index (χ2n) is 5.75. The first-order valence-electron chi connectivity index (χ1n) is 8.38. The van der Waals surface area contributed by atoms with E-state index in [1.54, 1.807) is 45.6 Å². The largest absolute Gasteiger partial charge is 0.493 e. The average Bonchev–Trinajstić information content (AvgIpc) is 3.22. The number of rotatable bonds is 7. The number of benzene rings is 2. The molecule has 0 saturated carbocycles. The summed E-state index contributed by atoms with van der Waals surface area (Å²) in [6, 6.07) is 16.6. The number of methoxy groups -OCH3 is 3. The van der Waals surface area contributed by atoms with Crippen molar-refractivity contribution in [3.05, 3.63) is 65.9 Å². The van der Waals surface area contributed by atoms with Crippen molar-refractivity contribution in [1.29, 1.82) is 0 Å². The van der Waals surface area contributed by atoms with Crippen molar-refractivity contribution in [1.82, 2.24) is 5.32 Å². The molecule has 0 atom stereocenters. The summed E-state index contributed by atoms with van der Waals surface area (Å²) in [5.41, 5.74) is 1.73. The summed E-state index contributed by atoms with van der Waals surface area (Å²) < 4.78 is 21.6. The first-order valence-corrected chi connectivity index (χ1v) is 8.38. The van der Waals surface area contributed by atoms with E-state index in [1.165, 1.54) is 0 Å². The Morgan fingerprint density at radius 3 is 2.19 bits per heavy atom. The van der Waals surface area contributed by atoms with Gasteiger partial charge in [-0.3, -0.25) is 4.79 Å². The third-order valence-electron chi connectivity index (χ3n) is 4.07. The maximum atomic E-state index is 12.4. The predicted molar refractivity (Wildman–Crippen MR) is 101 cm³/mol. The van der Waals surface area contributed by atoms with Crippen LogP contribution < -0.4 is 19.5 Å². The molecule has 0 saturated heterocycles. The molecule has 0 spiro atoms. The van der Waals surface area contributed by atoms with E-state index in [0.717, 1.165) is 11.1 Å². The van der Waals surface area contributed by atoms with Gasteiger partial charge in [-0.05, 0) is 29.8 Å². The molecule has 2 aromatic carbocycles. The number of ether oxygens (including phenoxy) is 3. The Hall–Kier alpha value is -3.41. The zero-order valence-electron chi connectivity index (χ0n) is 15.4. The highest BCUT2D eigenvalue weighted by molar-refractivity contribution is 5.92. The normalized spacial score (nSPS) is 10.3. The molecule has 3 aromatic rings. The number of furan rings is 1. The van der Waals surface area contributed by atoms with Gasteiger partial charge in [0, 0.05) is 12.1 Å². The molecule has 1 N–H and O–H groups in total. The Morgan fingerprint density at radius 1 is 0.926 bits per heavy atom. The zero-order valence-corrected chi connectivity index (χ0v) is 15.4. The van der Waals surface area contributed by atoms with Crippen LogP contribution in [0.3, 0.4) is 0 Å². The topological polar surface area (TPSA) is 69.9 Å². The SMILES string of the molecule is COc1cc(CNC(=O)c2ccc(-c3ccccc3)o2)cc(OC)c1OC. The summed E-state index contributed by atoms with van der Waals surface area (Å²) in [4.78, 5) is 12.4. The Kier molecular flexibility index (Phi) is 5.66. The standard InChI is InChI=1S/C21H21NO5/c1-24-18-11-14(12-19(25-2)20(18)26-3)13-22-21(23)17-10-9-16(27-17)15-7-5-4-6-8-15/h4-12H,13H2,1-3H3,(H,22,23). The molecule has 0 unspecified atom stereocenters. The molecule has 0 radical (unpaired) electrons. The lowest BCUT2D eigenvalue weighted by Gasteiger charge is -2.14. The van der Waals surface area contributed by atoms with Crippen molar-refractivity contribution < 1.29 is 23.4 Å². The van der Waals surface area contributed by atoms with Gasteiger partial charge in [-0.15, -0.1) is 0 Å². The lowest BCUT2D eigenvalue weighted by Crippen LogP contribution is -2.22. The first-order chi connectivity index (χ1) is 13.2. The van der Waals surface area contributed by atoms with Crippen LogP contribution in [-0.2, 0) is 6.54 Å². The minimum atomic E-state index is -0.300. The summed E-state index contributed by atoms with van der Waals surface area (Å²) in [6.07, 6.45) is 0. The highest BCUT2D eigenvalue weighted by Gasteiger charge is 2.15. The molecule has 1 aromatic heterocycles. The predicted octanol–water partition coefficient (Wildman–Crippen LogP) is 3.90. The number of hydrogen-bond donors (Lipinski definition) is 1. The molecule has 0 bridgehead atoms. The zero-order chi connectivity index (χ0) is 19.2. The maximum Gasteiger partial charge on any atom is 0.287 e. The van der Waals surface area contributed by atoms with Crippen LogP contribution in [0.4, 0.5) is 0 Å². The average molecular weight is 367 g/mol. The second kappa shape index (κ2) is 8.31. The first kappa shape index (κ1) is 18.4. The summed E-state index contributed by atoms with van der Waals surface area (Å²) >= 11 is 0. The van der Waals surface area contributed by atoms with E-state index in [2.05, 4.69) is 5.32 Å². The van der Waals surface area contributed by atoms with Crippen LogP contribution in [0.1, 0.15) is 16.1 Å². The fourth-order valence-corrected chi connectivity index (χ4v) is 2.72. The molecule has 0 fully saturated rings. The van der Waals surface area contributed by atoms with E-state index in [9.17, 15) is 4.79 Å². The summed E-state index contributed by atoms with van der Waals surface area (Å²) in [7, 11) is 4.64. The van der Waals surface area contributed by atoms with Gasteiger partial charge >= 0.3 is 0 Å². The van der Waals surface area contributed by atoms with Gasteiger partial charge in [0.2, 0.25) is 5.75 Å². The molecule has 27 heavy (non-hydrogen) atoms. The molecule has 140 valence electrons. The van der Waals surface area contributed by atoms with Crippen LogP contribution >= 0.6 is 0 Å². The second-order valence-corrected chi connectivity index (χ2v) is 5.75. The number of nitrogens with one attached hydrogen (secondary N) is 1. The molecule has 1 heterocycles. The van der Waals surface area contributed by atoms with Crippen molar-refractivity contribution >= 4 is 5.91 Å². The molecule has 6 heteroatoms. The van der Waals surface area contributed by atoms with Gasteiger partial charge in [0.1, 0.15) is 5.76 Å². The number of hydrogen-bond acceptors (Lipinski definition) is 5. The third kappa shape index (κ3) is 4.06. The third-order valence-corrected chi connectivity index (χ3v) is 4.07. The summed E-state index contributed by atoms with van der Waals surface area (Å²) in [6.45, 7) is 0.289. The minimum absolute atomic E-state index is 0.251. The lowest BCUT2D eigenvalue weighted by molar-refractivity contribution is 0.0924. The quantitative estimate of drug-likeness (QED) is 0.686. The van der Waals surface area contributed by atoms with Crippen LogP contribution in [0.5, 0.6) is 17.2 Å². The molecule has 6 nitrogen and oxygen atoms in total. The van der Waals surface area contributed by atoms with Crippen LogP contribution in [0.25, 0.3) is 11.3 Å². The number of carbonyl (C=O) groups is 1. The minimum Gasteiger partial charge on any atom is -0.493 e. The van der Waals surface area contributed by atoms with Gasteiger partial charge in [-0.1, -0.05) is 30.3 Å². The van der Waals surface area contributed by atoms with E-state index < -0.39 is 0 Å². The molecule has 3 rings (SSSR count). The molecule has 0 aliphatic heterocycles.